The number of benzene rings is 1. The first-order valence-electron chi connectivity index (χ1n) is 10.4. The largest absolute Gasteiger partial charge is 0.343 e. The minimum absolute atomic E-state index is 0.00374. The van der Waals surface area contributed by atoms with Gasteiger partial charge in [0.2, 0.25) is 5.91 Å². The number of likely N-dealkylation sites (tertiary alicyclic amines) is 2. The molecule has 1 atom stereocenters. The highest BCUT2D eigenvalue weighted by atomic mass is 16.2. The Labute approximate surface area is 165 Å². The van der Waals surface area contributed by atoms with Gasteiger partial charge in [-0.2, -0.15) is 5.10 Å². The van der Waals surface area contributed by atoms with Crippen molar-refractivity contribution in [3.8, 4) is 0 Å². The number of carbonyl (C=O) groups excluding carboxylic acids is 1. The van der Waals surface area contributed by atoms with Gasteiger partial charge in [-0.3, -0.25) is 14.3 Å². The normalized spacial score (nSPS) is 21.3. The molecule has 150 valence electrons. The second-order valence-electron chi connectivity index (χ2n) is 7.84. The van der Waals surface area contributed by atoms with Crippen LogP contribution in [0.15, 0.2) is 35.1 Å². The molecule has 0 saturated carbocycles. The first-order chi connectivity index (χ1) is 13.7. The van der Waals surface area contributed by atoms with Gasteiger partial charge in [-0.1, -0.05) is 30.3 Å². The van der Waals surface area contributed by atoms with Gasteiger partial charge in [0.15, 0.2) is 0 Å². The molecule has 1 unspecified atom stereocenters. The minimum atomic E-state index is -0.140. The lowest BCUT2D eigenvalue weighted by atomic mass is 9.95. The van der Waals surface area contributed by atoms with Crippen molar-refractivity contribution in [3.63, 3.8) is 0 Å². The number of carbonyl (C=O) groups is 1. The maximum atomic E-state index is 13.2. The SMILES string of the molecule is CCn1c(C2CCN(C(=O)C3CCCN3Cc3ccccc3)CC2)n[nH]c1=O. The van der Waals surface area contributed by atoms with Gasteiger partial charge in [-0.25, -0.2) is 9.89 Å². The number of H-pyrrole nitrogens is 1. The average Bonchev–Trinajstić information content (AvgIpc) is 3.34. The van der Waals surface area contributed by atoms with Crippen molar-refractivity contribution >= 4 is 5.91 Å². The zero-order valence-electron chi connectivity index (χ0n) is 16.5. The van der Waals surface area contributed by atoms with Crippen LogP contribution in [0, 0.1) is 0 Å². The highest BCUT2D eigenvalue weighted by molar-refractivity contribution is 5.82. The number of aromatic nitrogens is 3. The van der Waals surface area contributed by atoms with Crippen molar-refractivity contribution < 1.29 is 4.79 Å². The fourth-order valence-electron chi connectivity index (χ4n) is 4.63. The molecule has 3 heterocycles. The Morgan fingerprint density at radius 3 is 2.61 bits per heavy atom. The van der Waals surface area contributed by atoms with Crippen molar-refractivity contribution in [2.24, 2.45) is 0 Å². The maximum absolute atomic E-state index is 13.2. The average molecular weight is 383 g/mol. The molecule has 2 fully saturated rings. The van der Waals surface area contributed by atoms with Crippen LogP contribution in [0.3, 0.4) is 0 Å². The molecule has 7 nitrogen and oxygen atoms in total. The summed E-state index contributed by atoms with van der Waals surface area (Å²) in [6.07, 6.45) is 3.75. The number of nitrogens with zero attached hydrogens (tertiary/aromatic N) is 4. The lowest BCUT2D eigenvalue weighted by molar-refractivity contribution is -0.137. The summed E-state index contributed by atoms with van der Waals surface area (Å²) in [4.78, 5) is 29.3. The fourth-order valence-corrected chi connectivity index (χ4v) is 4.63. The zero-order chi connectivity index (χ0) is 19.5. The molecule has 28 heavy (non-hydrogen) atoms. The van der Waals surface area contributed by atoms with Gasteiger partial charge in [-0.05, 0) is 44.7 Å². The summed E-state index contributed by atoms with van der Waals surface area (Å²) in [5.41, 5.74) is 1.12. The smallest absolute Gasteiger partial charge is 0.341 e. The second kappa shape index (κ2) is 8.31. The van der Waals surface area contributed by atoms with Gasteiger partial charge in [0.25, 0.3) is 0 Å². The zero-order valence-corrected chi connectivity index (χ0v) is 16.5. The van der Waals surface area contributed by atoms with Crippen molar-refractivity contribution in [3.05, 3.63) is 52.2 Å². The number of hydrogen-bond acceptors (Lipinski definition) is 4. The summed E-state index contributed by atoms with van der Waals surface area (Å²) in [6, 6.07) is 10.4. The van der Waals surface area contributed by atoms with E-state index in [1.807, 2.05) is 17.9 Å². The third kappa shape index (κ3) is 3.76. The monoisotopic (exact) mass is 383 g/mol. The summed E-state index contributed by atoms with van der Waals surface area (Å²) in [5.74, 6) is 1.35. The molecule has 4 rings (SSSR count). The van der Waals surface area contributed by atoms with Gasteiger partial charge in [0.1, 0.15) is 5.82 Å². The van der Waals surface area contributed by atoms with Crippen molar-refractivity contribution in [1.29, 1.82) is 0 Å². The number of rotatable bonds is 5. The minimum Gasteiger partial charge on any atom is -0.341 e. The highest BCUT2D eigenvalue weighted by Crippen LogP contribution is 2.28. The Bertz CT molecular complexity index is 851. The Balaban J connectivity index is 1.37. The summed E-state index contributed by atoms with van der Waals surface area (Å²) in [7, 11) is 0. The Morgan fingerprint density at radius 1 is 1.14 bits per heavy atom. The van der Waals surface area contributed by atoms with E-state index in [-0.39, 0.29) is 23.6 Å². The van der Waals surface area contributed by atoms with E-state index < -0.39 is 0 Å². The Kier molecular flexibility index (Phi) is 5.62. The van der Waals surface area contributed by atoms with Crippen molar-refractivity contribution in [2.45, 2.75) is 57.7 Å². The molecule has 2 aliphatic heterocycles. The molecule has 0 radical (unpaired) electrons. The maximum Gasteiger partial charge on any atom is 0.343 e. The molecule has 2 saturated heterocycles. The molecule has 1 aromatic heterocycles. The number of aromatic amines is 1. The highest BCUT2D eigenvalue weighted by Gasteiger charge is 2.35. The van der Waals surface area contributed by atoms with E-state index in [9.17, 15) is 9.59 Å². The summed E-state index contributed by atoms with van der Waals surface area (Å²) < 4.78 is 1.71. The van der Waals surface area contributed by atoms with Crippen LogP contribution >= 0.6 is 0 Å². The van der Waals surface area contributed by atoms with Crippen LogP contribution in [0.1, 0.15) is 49.9 Å². The van der Waals surface area contributed by atoms with Crippen LogP contribution in [0.5, 0.6) is 0 Å². The molecular weight excluding hydrogens is 354 g/mol. The molecular formula is C21H29N5O2. The molecule has 0 spiro atoms. The van der Waals surface area contributed by atoms with Gasteiger partial charge >= 0.3 is 5.69 Å². The van der Waals surface area contributed by atoms with Crippen LogP contribution in [-0.4, -0.2) is 56.1 Å². The quantitative estimate of drug-likeness (QED) is 0.857. The van der Waals surface area contributed by atoms with E-state index in [0.717, 1.165) is 57.7 Å². The predicted molar refractivity (Wildman–Crippen MR) is 107 cm³/mol. The van der Waals surface area contributed by atoms with Crippen LogP contribution < -0.4 is 5.69 Å². The molecule has 0 aliphatic carbocycles. The lowest BCUT2D eigenvalue weighted by Gasteiger charge is -2.35. The molecule has 0 bridgehead atoms. The van der Waals surface area contributed by atoms with Gasteiger partial charge < -0.3 is 4.90 Å². The van der Waals surface area contributed by atoms with E-state index in [1.165, 1.54) is 5.56 Å². The summed E-state index contributed by atoms with van der Waals surface area (Å²) in [6.45, 7) is 5.89. The van der Waals surface area contributed by atoms with E-state index in [0.29, 0.717) is 6.54 Å². The van der Waals surface area contributed by atoms with Crippen LogP contribution in [0.2, 0.25) is 0 Å². The van der Waals surface area contributed by atoms with Crippen molar-refractivity contribution in [1.82, 2.24) is 24.6 Å². The van der Waals surface area contributed by atoms with E-state index >= 15 is 0 Å². The van der Waals surface area contributed by atoms with Crippen LogP contribution in [0.4, 0.5) is 0 Å². The molecule has 2 aliphatic rings. The number of amides is 1. The summed E-state index contributed by atoms with van der Waals surface area (Å²) in [5, 5.41) is 6.79. The third-order valence-electron chi connectivity index (χ3n) is 6.15. The molecule has 2 aromatic rings. The molecule has 7 heteroatoms. The van der Waals surface area contributed by atoms with Gasteiger partial charge in [-0.15, -0.1) is 0 Å². The Morgan fingerprint density at radius 2 is 1.89 bits per heavy atom. The van der Waals surface area contributed by atoms with Gasteiger partial charge in [0.05, 0.1) is 6.04 Å². The Hall–Kier alpha value is -2.41. The molecule has 1 aromatic carbocycles. The van der Waals surface area contributed by atoms with Crippen molar-refractivity contribution in [2.75, 3.05) is 19.6 Å². The molecule has 1 amide bonds. The van der Waals surface area contributed by atoms with E-state index in [4.69, 9.17) is 0 Å². The van der Waals surface area contributed by atoms with E-state index in [1.54, 1.807) is 4.57 Å². The standard InChI is InChI=1S/C21H29N5O2/c1-2-26-19(22-23-21(26)28)17-10-13-24(14-11-17)20(27)18-9-6-12-25(18)15-16-7-4-3-5-8-16/h3-5,7-8,17-18H,2,6,9-15H2,1H3,(H,23,28). The number of piperidine rings is 1. The molecule has 1 N–H and O–H groups in total. The van der Waals surface area contributed by atoms with Gasteiger partial charge in [0, 0.05) is 32.1 Å². The summed E-state index contributed by atoms with van der Waals surface area (Å²) >= 11 is 0. The number of hydrogen-bond donors (Lipinski definition) is 1. The first kappa shape index (κ1) is 18.9. The topological polar surface area (TPSA) is 74.2 Å². The fraction of sp³-hybridized carbons (Fsp3) is 0.571. The predicted octanol–water partition coefficient (Wildman–Crippen LogP) is 1.96. The van der Waals surface area contributed by atoms with E-state index in [2.05, 4.69) is 39.4 Å². The van der Waals surface area contributed by atoms with Crippen LogP contribution in [-0.2, 0) is 17.9 Å². The first-order valence-corrected chi connectivity index (χ1v) is 10.4. The van der Waals surface area contributed by atoms with Crippen LogP contribution in [0.25, 0.3) is 0 Å². The second-order valence-corrected chi connectivity index (χ2v) is 7.84. The number of nitrogens with one attached hydrogen (secondary N) is 1. The lowest BCUT2D eigenvalue weighted by Crippen LogP contribution is -2.48. The third-order valence-corrected chi connectivity index (χ3v) is 6.15.